The largest absolute Gasteiger partial charge is 0.491 e. The van der Waals surface area contributed by atoms with E-state index < -0.39 is 0 Å². The molecule has 0 radical (unpaired) electrons. The van der Waals surface area contributed by atoms with Gasteiger partial charge in [0.1, 0.15) is 12.4 Å². The minimum atomic E-state index is -0.160. The Bertz CT molecular complexity index is 808. The fourth-order valence-electron chi connectivity index (χ4n) is 2.61. The van der Waals surface area contributed by atoms with Crippen molar-refractivity contribution in [3.63, 3.8) is 0 Å². The van der Waals surface area contributed by atoms with Crippen LogP contribution in [-0.2, 0) is 20.7 Å². The van der Waals surface area contributed by atoms with Gasteiger partial charge in [-0.3, -0.25) is 9.59 Å². The second-order valence-electron chi connectivity index (χ2n) is 6.76. The molecule has 7 heteroatoms. The molecule has 2 aromatic carbocycles. The molecule has 0 spiro atoms. The molecule has 0 fully saturated rings. The fourth-order valence-corrected chi connectivity index (χ4v) is 2.61. The highest BCUT2D eigenvalue weighted by molar-refractivity contribution is 5.93. The topological polar surface area (TPSA) is 79.9 Å². The first-order valence-corrected chi connectivity index (χ1v) is 9.52. The number of rotatable bonds is 11. The van der Waals surface area contributed by atoms with E-state index in [4.69, 9.17) is 9.47 Å². The number of nitrogens with zero attached hydrogens (tertiary/aromatic N) is 1. The van der Waals surface area contributed by atoms with E-state index in [2.05, 4.69) is 10.6 Å². The van der Waals surface area contributed by atoms with E-state index in [1.165, 1.54) is 0 Å². The minimum Gasteiger partial charge on any atom is -0.491 e. The number of methoxy groups -OCH3 is 1. The average Bonchev–Trinajstić information content (AvgIpc) is 2.71. The number of nitrogens with one attached hydrogen (secondary N) is 2. The summed E-state index contributed by atoms with van der Waals surface area (Å²) in [6, 6.07) is 15.0. The summed E-state index contributed by atoms with van der Waals surface area (Å²) >= 11 is 0. The number of aryl methyl sites for hydroxylation is 1. The summed E-state index contributed by atoms with van der Waals surface area (Å²) in [6.07, 6.45) is 1.12. The van der Waals surface area contributed by atoms with Crippen molar-refractivity contribution in [3.8, 4) is 5.75 Å². The second kappa shape index (κ2) is 11.7. The van der Waals surface area contributed by atoms with Crippen molar-refractivity contribution in [2.24, 2.45) is 0 Å². The summed E-state index contributed by atoms with van der Waals surface area (Å²) in [5.41, 5.74) is 2.56. The van der Waals surface area contributed by atoms with Crippen LogP contribution < -0.4 is 15.4 Å². The van der Waals surface area contributed by atoms with Gasteiger partial charge in [0.25, 0.3) is 0 Å². The lowest BCUT2D eigenvalue weighted by atomic mass is 10.1. The van der Waals surface area contributed by atoms with Crippen LogP contribution in [0.25, 0.3) is 0 Å². The molecular formula is C22H29N3O4. The van der Waals surface area contributed by atoms with Crippen molar-refractivity contribution in [3.05, 3.63) is 54.1 Å². The maximum Gasteiger partial charge on any atom is 0.243 e. The lowest BCUT2D eigenvalue weighted by Gasteiger charge is -2.12. The number of carbonyl (C=O) groups is 2. The van der Waals surface area contributed by atoms with Gasteiger partial charge < -0.3 is 25.0 Å². The van der Waals surface area contributed by atoms with Crippen LogP contribution >= 0.6 is 0 Å². The van der Waals surface area contributed by atoms with Gasteiger partial charge in [-0.2, -0.15) is 0 Å². The van der Waals surface area contributed by atoms with Crippen LogP contribution in [0.15, 0.2) is 48.5 Å². The normalized spacial score (nSPS) is 10.3. The molecule has 0 saturated heterocycles. The number of ether oxygens (including phenoxy) is 2. The van der Waals surface area contributed by atoms with E-state index in [0.717, 1.165) is 11.3 Å². The highest BCUT2D eigenvalue weighted by Crippen LogP contribution is 2.17. The molecule has 0 aromatic heterocycles. The van der Waals surface area contributed by atoms with Crippen LogP contribution in [0.2, 0.25) is 0 Å². The van der Waals surface area contributed by atoms with Gasteiger partial charge in [-0.15, -0.1) is 0 Å². The van der Waals surface area contributed by atoms with Gasteiger partial charge in [-0.05, 0) is 36.2 Å². The molecule has 0 aliphatic carbocycles. The minimum absolute atomic E-state index is 0.0937. The standard InChI is InChI=1S/C22H29N3O4/c1-25(2)22(27)11-10-17-6-4-7-18(14-17)23-16-21(26)24-19-8-5-9-20(15-19)29-13-12-28-3/h4-9,14-15,23H,10-13,16H2,1-3H3,(H,24,26). The lowest BCUT2D eigenvalue weighted by Crippen LogP contribution is -2.22. The van der Waals surface area contributed by atoms with Crippen molar-refractivity contribution in [1.82, 2.24) is 4.90 Å². The average molecular weight is 399 g/mol. The number of benzene rings is 2. The molecule has 0 atom stereocenters. The van der Waals surface area contributed by atoms with Crippen LogP contribution in [0.5, 0.6) is 5.75 Å². The quantitative estimate of drug-likeness (QED) is 0.568. The number of anilines is 2. The number of hydrogen-bond donors (Lipinski definition) is 2. The first-order valence-electron chi connectivity index (χ1n) is 9.52. The van der Waals surface area contributed by atoms with Crippen LogP contribution in [0.3, 0.4) is 0 Å². The summed E-state index contributed by atoms with van der Waals surface area (Å²) in [5.74, 6) is 0.608. The van der Waals surface area contributed by atoms with Crippen molar-refractivity contribution in [2.45, 2.75) is 12.8 Å². The van der Waals surface area contributed by atoms with Gasteiger partial charge in [-0.1, -0.05) is 18.2 Å². The molecule has 0 aliphatic rings. The van der Waals surface area contributed by atoms with Gasteiger partial charge in [-0.25, -0.2) is 0 Å². The molecule has 7 nitrogen and oxygen atoms in total. The zero-order chi connectivity index (χ0) is 21.1. The predicted octanol–water partition coefficient (Wildman–Crippen LogP) is 2.78. The first-order chi connectivity index (χ1) is 14.0. The molecule has 0 bridgehead atoms. The van der Waals surface area contributed by atoms with Crippen LogP contribution in [0.1, 0.15) is 12.0 Å². The lowest BCUT2D eigenvalue weighted by molar-refractivity contribution is -0.128. The SMILES string of the molecule is COCCOc1cccc(NC(=O)CNc2cccc(CCC(=O)N(C)C)c2)c1. The second-order valence-corrected chi connectivity index (χ2v) is 6.76. The van der Waals surface area contributed by atoms with Gasteiger partial charge in [0.15, 0.2) is 0 Å². The first kappa shape index (κ1) is 22.2. The summed E-state index contributed by atoms with van der Waals surface area (Å²) < 4.78 is 10.5. The summed E-state index contributed by atoms with van der Waals surface area (Å²) in [6.45, 7) is 1.09. The number of amides is 2. The molecule has 0 heterocycles. The van der Waals surface area contributed by atoms with Gasteiger partial charge in [0, 0.05) is 45.1 Å². The van der Waals surface area contributed by atoms with Crippen LogP contribution in [-0.4, -0.2) is 57.7 Å². The zero-order valence-electron chi connectivity index (χ0n) is 17.2. The smallest absolute Gasteiger partial charge is 0.243 e. The van der Waals surface area contributed by atoms with Crippen molar-refractivity contribution < 1.29 is 19.1 Å². The Hall–Kier alpha value is -3.06. The van der Waals surface area contributed by atoms with Gasteiger partial charge in [0.2, 0.25) is 11.8 Å². The summed E-state index contributed by atoms with van der Waals surface area (Å²) in [7, 11) is 5.12. The molecule has 2 amide bonds. The predicted molar refractivity (Wildman–Crippen MR) is 114 cm³/mol. The van der Waals surface area contributed by atoms with E-state index in [1.807, 2.05) is 42.5 Å². The van der Waals surface area contributed by atoms with E-state index in [9.17, 15) is 9.59 Å². The van der Waals surface area contributed by atoms with Crippen molar-refractivity contribution in [1.29, 1.82) is 0 Å². The third kappa shape index (κ3) is 8.23. The summed E-state index contributed by atoms with van der Waals surface area (Å²) in [5, 5.41) is 5.96. The molecule has 2 rings (SSSR count). The maximum atomic E-state index is 12.2. The molecule has 0 saturated carbocycles. The zero-order valence-corrected chi connectivity index (χ0v) is 17.2. The molecular weight excluding hydrogens is 370 g/mol. The van der Waals surface area contributed by atoms with E-state index >= 15 is 0 Å². The highest BCUT2D eigenvalue weighted by atomic mass is 16.5. The van der Waals surface area contributed by atoms with Crippen LogP contribution in [0.4, 0.5) is 11.4 Å². The molecule has 0 unspecified atom stereocenters. The molecule has 2 aromatic rings. The van der Waals surface area contributed by atoms with Gasteiger partial charge in [0.05, 0.1) is 13.2 Å². The van der Waals surface area contributed by atoms with Crippen molar-refractivity contribution >= 4 is 23.2 Å². The Labute approximate surface area is 172 Å². The Balaban J connectivity index is 1.82. The van der Waals surface area contributed by atoms with Gasteiger partial charge >= 0.3 is 0 Å². The van der Waals surface area contributed by atoms with Crippen molar-refractivity contribution in [2.75, 3.05) is 51.6 Å². The molecule has 2 N–H and O–H groups in total. The highest BCUT2D eigenvalue weighted by Gasteiger charge is 2.06. The Morgan fingerprint density at radius 1 is 1.00 bits per heavy atom. The van der Waals surface area contributed by atoms with E-state index in [-0.39, 0.29) is 18.4 Å². The molecule has 29 heavy (non-hydrogen) atoms. The van der Waals surface area contributed by atoms with Crippen LogP contribution in [0, 0.1) is 0 Å². The maximum absolute atomic E-state index is 12.2. The number of carbonyl (C=O) groups excluding carboxylic acids is 2. The fraction of sp³-hybridized carbons (Fsp3) is 0.364. The van der Waals surface area contributed by atoms with E-state index in [0.29, 0.717) is 37.5 Å². The molecule has 0 aliphatic heterocycles. The van der Waals surface area contributed by atoms with E-state index in [1.54, 1.807) is 32.2 Å². The summed E-state index contributed by atoms with van der Waals surface area (Å²) in [4.78, 5) is 25.6. The third-order valence-electron chi connectivity index (χ3n) is 4.18. The molecule has 156 valence electrons. The Morgan fingerprint density at radius 3 is 2.52 bits per heavy atom. The monoisotopic (exact) mass is 399 g/mol. The third-order valence-corrected chi connectivity index (χ3v) is 4.18. The Kier molecular flexibility index (Phi) is 8.98. The number of hydrogen-bond acceptors (Lipinski definition) is 5. The Morgan fingerprint density at radius 2 is 1.76 bits per heavy atom.